The number of fused-ring (bicyclic) bond motifs is 4. The molecule has 6 rings (SSSR count). The van der Waals surface area contributed by atoms with Crippen molar-refractivity contribution in [2.24, 2.45) is 0 Å². The van der Waals surface area contributed by atoms with Gasteiger partial charge in [0.25, 0.3) is 0 Å². The number of anilines is 1. The molecule has 3 aromatic carbocycles. The molecule has 0 N–H and O–H groups in total. The summed E-state index contributed by atoms with van der Waals surface area (Å²) in [5, 5.41) is 0. The molecule has 1 amide bonds. The fraction of sp³-hybridized carbons (Fsp3) is 0.286. The molecule has 33 heavy (non-hydrogen) atoms. The summed E-state index contributed by atoms with van der Waals surface area (Å²) in [7, 11) is 0. The van der Waals surface area contributed by atoms with E-state index in [1.54, 1.807) is 0 Å². The third-order valence-corrected chi connectivity index (χ3v) is 7.52. The Morgan fingerprint density at radius 3 is 2.58 bits per heavy atom. The molecule has 0 saturated carbocycles. The highest BCUT2D eigenvalue weighted by Gasteiger charge is 2.55. The van der Waals surface area contributed by atoms with Crippen molar-refractivity contribution in [3.63, 3.8) is 0 Å². The van der Waals surface area contributed by atoms with Crippen molar-refractivity contribution in [1.29, 1.82) is 0 Å². The van der Waals surface area contributed by atoms with Gasteiger partial charge in [-0.15, -0.1) is 0 Å². The number of carbonyl (C=O) groups excluding carboxylic acids is 1. The SMILES string of the molecule is Cc1nc2ccccc2n1CC(=O)N1CCC2(C)c3ccccc3N(Cc3ccccc3)C12. The van der Waals surface area contributed by atoms with Crippen molar-refractivity contribution in [3.05, 3.63) is 95.8 Å². The molecule has 1 aromatic heterocycles. The van der Waals surface area contributed by atoms with Crippen LogP contribution in [-0.2, 0) is 23.3 Å². The third-order valence-electron chi connectivity index (χ3n) is 7.52. The number of hydrogen-bond donors (Lipinski definition) is 0. The van der Waals surface area contributed by atoms with E-state index in [1.165, 1.54) is 16.8 Å². The first-order valence-electron chi connectivity index (χ1n) is 11.7. The molecular weight excluding hydrogens is 408 g/mol. The number of aromatic nitrogens is 2. The molecule has 2 aliphatic heterocycles. The number of aryl methyl sites for hydroxylation is 1. The van der Waals surface area contributed by atoms with Crippen molar-refractivity contribution >= 4 is 22.6 Å². The van der Waals surface area contributed by atoms with Crippen LogP contribution in [0.15, 0.2) is 78.9 Å². The Balaban J connectivity index is 1.36. The lowest BCUT2D eigenvalue weighted by Crippen LogP contribution is -2.51. The highest BCUT2D eigenvalue weighted by molar-refractivity contribution is 5.83. The summed E-state index contributed by atoms with van der Waals surface area (Å²) in [6, 6.07) is 27.3. The summed E-state index contributed by atoms with van der Waals surface area (Å²) in [5.74, 6) is 1.03. The summed E-state index contributed by atoms with van der Waals surface area (Å²) in [4.78, 5) is 23.0. The first-order valence-corrected chi connectivity index (χ1v) is 11.7. The van der Waals surface area contributed by atoms with Crippen molar-refractivity contribution in [2.75, 3.05) is 11.4 Å². The molecule has 0 aliphatic carbocycles. The second-order valence-corrected chi connectivity index (χ2v) is 9.49. The average Bonchev–Trinajstić information content (AvgIpc) is 3.42. The van der Waals surface area contributed by atoms with Crippen LogP contribution in [0.2, 0.25) is 0 Å². The zero-order valence-electron chi connectivity index (χ0n) is 19.1. The van der Waals surface area contributed by atoms with Crippen molar-refractivity contribution in [2.45, 2.75) is 44.9 Å². The summed E-state index contributed by atoms with van der Waals surface area (Å²) in [6.45, 7) is 6.18. The third kappa shape index (κ3) is 3.06. The Labute approximate surface area is 194 Å². The Bertz CT molecular complexity index is 1340. The van der Waals surface area contributed by atoms with E-state index < -0.39 is 0 Å². The molecule has 2 unspecified atom stereocenters. The average molecular weight is 437 g/mol. The number of nitrogens with zero attached hydrogens (tertiary/aromatic N) is 4. The van der Waals surface area contributed by atoms with Crippen LogP contribution in [0.4, 0.5) is 5.69 Å². The Hall–Kier alpha value is -3.60. The highest BCUT2D eigenvalue weighted by Crippen LogP contribution is 2.52. The van der Waals surface area contributed by atoms with Crippen LogP contribution in [0.1, 0.15) is 30.3 Å². The predicted octanol–water partition coefficient (Wildman–Crippen LogP) is 4.88. The number of amides is 1. The van der Waals surface area contributed by atoms with Gasteiger partial charge in [-0.25, -0.2) is 4.98 Å². The van der Waals surface area contributed by atoms with Crippen LogP contribution in [0.5, 0.6) is 0 Å². The van der Waals surface area contributed by atoms with Gasteiger partial charge >= 0.3 is 0 Å². The maximum Gasteiger partial charge on any atom is 0.244 e. The van der Waals surface area contributed by atoms with Gasteiger partial charge in [-0.3, -0.25) is 4.79 Å². The Morgan fingerprint density at radius 1 is 1.00 bits per heavy atom. The molecule has 4 aromatic rings. The quantitative estimate of drug-likeness (QED) is 0.458. The second-order valence-electron chi connectivity index (χ2n) is 9.49. The van der Waals surface area contributed by atoms with Gasteiger partial charge in [0, 0.05) is 24.2 Å². The lowest BCUT2D eigenvalue weighted by molar-refractivity contribution is -0.133. The molecule has 0 radical (unpaired) electrons. The van der Waals surface area contributed by atoms with Crippen LogP contribution < -0.4 is 4.90 Å². The van der Waals surface area contributed by atoms with E-state index in [0.717, 1.165) is 36.4 Å². The summed E-state index contributed by atoms with van der Waals surface area (Å²) >= 11 is 0. The molecule has 2 aliphatic rings. The minimum atomic E-state index is -0.0763. The van der Waals surface area contributed by atoms with E-state index in [1.807, 2.05) is 31.2 Å². The van der Waals surface area contributed by atoms with E-state index in [-0.39, 0.29) is 17.5 Å². The van der Waals surface area contributed by atoms with Gasteiger partial charge in [-0.1, -0.05) is 67.6 Å². The number of hydrogen-bond acceptors (Lipinski definition) is 3. The van der Waals surface area contributed by atoms with Gasteiger partial charge in [-0.05, 0) is 42.7 Å². The number of rotatable bonds is 4. The summed E-state index contributed by atoms with van der Waals surface area (Å²) in [6.07, 6.45) is 0.979. The van der Waals surface area contributed by atoms with Crippen LogP contribution in [0.25, 0.3) is 11.0 Å². The van der Waals surface area contributed by atoms with Crippen molar-refractivity contribution in [3.8, 4) is 0 Å². The first-order chi connectivity index (χ1) is 16.1. The maximum atomic E-state index is 13.8. The number of para-hydroxylation sites is 3. The van der Waals surface area contributed by atoms with Gasteiger partial charge in [-0.2, -0.15) is 0 Å². The number of likely N-dealkylation sites (tertiary alicyclic amines) is 1. The van der Waals surface area contributed by atoms with Crippen LogP contribution in [0.3, 0.4) is 0 Å². The van der Waals surface area contributed by atoms with E-state index >= 15 is 0 Å². The van der Waals surface area contributed by atoms with Gasteiger partial charge in [0.1, 0.15) is 18.5 Å². The molecule has 0 spiro atoms. The number of carbonyl (C=O) groups is 1. The fourth-order valence-corrected chi connectivity index (χ4v) is 5.91. The standard InChI is InChI=1S/C28H28N4O/c1-20-29-23-13-7-9-15-25(23)31(20)19-26(33)30-17-16-28(2)22-12-6-8-14-24(22)32(27(28)30)18-21-10-4-3-5-11-21/h3-15,27H,16-19H2,1-2H3. The van der Waals surface area contributed by atoms with Crippen LogP contribution in [0, 0.1) is 6.92 Å². The van der Waals surface area contributed by atoms with Crippen molar-refractivity contribution in [1.82, 2.24) is 14.5 Å². The first kappa shape index (κ1) is 20.0. The topological polar surface area (TPSA) is 41.4 Å². The Morgan fingerprint density at radius 2 is 1.73 bits per heavy atom. The van der Waals surface area contributed by atoms with Crippen molar-refractivity contribution < 1.29 is 4.79 Å². The molecule has 166 valence electrons. The van der Waals surface area contributed by atoms with E-state index in [2.05, 4.69) is 80.9 Å². The predicted molar refractivity (Wildman–Crippen MR) is 131 cm³/mol. The lowest BCUT2D eigenvalue weighted by atomic mass is 9.81. The van der Waals surface area contributed by atoms with Crippen LogP contribution >= 0.6 is 0 Å². The summed E-state index contributed by atoms with van der Waals surface area (Å²) < 4.78 is 2.05. The minimum absolute atomic E-state index is 0.0118. The normalized spacial score (nSPS) is 21.5. The molecule has 1 fully saturated rings. The number of benzene rings is 3. The van der Waals surface area contributed by atoms with Crippen LogP contribution in [-0.4, -0.2) is 33.1 Å². The molecule has 5 nitrogen and oxygen atoms in total. The smallest absolute Gasteiger partial charge is 0.244 e. The number of imidazole rings is 1. The van der Waals surface area contributed by atoms with E-state index in [9.17, 15) is 4.79 Å². The molecule has 3 heterocycles. The van der Waals surface area contributed by atoms with Gasteiger partial charge in [0.15, 0.2) is 0 Å². The lowest BCUT2D eigenvalue weighted by Gasteiger charge is -2.37. The minimum Gasteiger partial charge on any atom is -0.346 e. The molecular formula is C28H28N4O. The largest absolute Gasteiger partial charge is 0.346 e. The zero-order valence-corrected chi connectivity index (χ0v) is 19.1. The highest BCUT2D eigenvalue weighted by atomic mass is 16.2. The summed E-state index contributed by atoms with van der Waals surface area (Å²) in [5.41, 5.74) is 5.73. The second kappa shape index (κ2) is 7.48. The van der Waals surface area contributed by atoms with Gasteiger partial charge in [0.05, 0.1) is 11.0 Å². The fourth-order valence-electron chi connectivity index (χ4n) is 5.91. The Kier molecular flexibility index (Phi) is 4.54. The molecule has 5 heteroatoms. The maximum absolute atomic E-state index is 13.8. The molecule has 1 saturated heterocycles. The van der Waals surface area contributed by atoms with Gasteiger partial charge < -0.3 is 14.4 Å². The molecule has 0 bridgehead atoms. The molecule has 2 atom stereocenters. The van der Waals surface area contributed by atoms with E-state index in [0.29, 0.717) is 6.54 Å². The van der Waals surface area contributed by atoms with Gasteiger partial charge in [0.2, 0.25) is 5.91 Å². The van der Waals surface area contributed by atoms with E-state index in [4.69, 9.17) is 0 Å². The monoisotopic (exact) mass is 436 g/mol. The zero-order chi connectivity index (χ0) is 22.6.